The molecule has 0 aliphatic carbocycles. The van der Waals surface area contributed by atoms with Crippen LogP contribution < -0.4 is 20.7 Å². The lowest BCUT2D eigenvalue weighted by Crippen LogP contribution is -2.30. The van der Waals surface area contributed by atoms with Gasteiger partial charge in [0.15, 0.2) is 11.5 Å². The van der Waals surface area contributed by atoms with Crippen molar-refractivity contribution < 1.29 is 13.9 Å². The lowest BCUT2D eigenvalue weighted by atomic mass is 9.97. The van der Waals surface area contributed by atoms with Crippen molar-refractivity contribution in [3.63, 3.8) is 0 Å². The number of halogens is 2. The third-order valence-corrected chi connectivity index (χ3v) is 3.42. The number of methoxy groups -OCH3 is 2. The quantitative estimate of drug-likeness (QED) is 0.658. The first-order valence-electron chi connectivity index (χ1n) is 6.24. The minimum Gasteiger partial charge on any atom is -0.493 e. The number of benzene rings is 2. The van der Waals surface area contributed by atoms with E-state index in [0.29, 0.717) is 27.6 Å². The van der Waals surface area contributed by atoms with Crippen LogP contribution in [0, 0.1) is 5.82 Å². The summed E-state index contributed by atoms with van der Waals surface area (Å²) in [6.45, 7) is 0. The molecule has 0 saturated carbocycles. The molecule has 0 heterocycles. The van der Waals surface area contributed by atoms with Gasteiger partial charge < -0.3 is 9.47 Å². The van der Waals surface area contributed by atoms with Crippen molar-refractivity contribution in [3.8, 4) is 11.5 Å². The lowest BCUT2D eigenvalue weighted by Gasteiger charge is -2.21. The first-order chi connectivity index (χ1) is 10.1. The van der Waals surface area contributed by atoms with Crippen molar-refractivity contribution in [3.05, 3.63) is 58.4 Å². The van der Waals surface area contributed by atoms with Crippen LogP contribution in [0.4, 0.5) is 4.39 Å². The number of nitrogens with one attached hydrogen (secondary N) is 1. The number of para-hydroxylation sites is 1. The molecule has 0 aromatic heterocycles. The maximum Gasteiger partial charge on any atom is 0.165 e. The summed E-state index contributed by atoms with van der Waals surface area (Å²) in [6.07, 6.45) is 0. The van der Waals surface area contributed by atoms with Crippen molar-refractivity contribution >= 4 is 11.6 Å². The van der Waals surface area contributed by atoms with Crippen LogP contribution in [-0.2, 0) is 0 Å². The van der Waals surface area contributed by atoms with E-state index in [2.05, 4.69) is 5.43 Å². The van der Waals surface area contributed by atoms with E-state index in [0.717, 1.165) is 0 Å². The monoisotopic (exact) mass is 310 g/mol. The number of rotatable bonds is 5. The maximum absolute atomic E-state index is 14.1. The summed E-state index contributed by atoms with van der Waals surface area (Å²) in [5, 5.41) is 0.324. The normalized spacial score (nSPS) is 12.0. The van der Waals surface area contributed by atoms with E-state index in [-0.39, 0.29) is 0 Å². The molecular weight excluding hydrogens is 295 g/mol. The van der Waals surface area contributed by atoms with Gasteiger partial charge in [0.25, 0.3) is 0 Å². The lowest BCUT2D eigenvalue weighted by molar-refractivity contribution is 0.348. The molecule has 0 amide bonds. The number of nitrogens with two attached hydrogens (primary N) is 1. The molecule has 2 rings (SSSR count). The standard InChI is InChI=1S/C15H16ClFN2O2/c1-20-13-5-3-4-11(15(13)21-2)14(19-18)10-7-6-9(16)8-12(10)17/h3-8,14,19H,18H2,1-2H3. The molecule has 3 N–H and O–H groups in total. The van der Waals surface area contributed by atoms with Gasteiger partial charge in [0.1, 0.15) is 5.82 Å². The van der Waals surface area contributed by atoms with E-state index >= 15 is 0 Å². The largest absolute Gasteiger partial charge is 0.493 e. The molecule has 112 valence electrons. The Morgan fingerprint density at radius 1 is 1.14 bits per heavy atom. The molecular formula is C15H16ClFN2O2. The van der Waals surface area contributed by atoms with Crippen LogP contribution in [0.2, 0.25) is 5.02 Å². The smallest absolute Gasteiger partial charge is 0.165 e. The molecule has 0 aliphatic heterocycles. The summed E-state index contributed by atoms with van der Waals surface area (Å²) in [6, 6.07) is 9.18. The fourth-order valence-corrected chi connectivity index (χ4v) is 2.38. The van der Waals surface area contributed by atoms with Crippen LogP contribution in [0.1, 0.15) is 17.2 Å². The summed E-state index contributed by atoms with van der Waals surface area (Å²) in [5.74, 6) is 6.21. The molecule has 0 aliphatic rings. The van der Waals surface area contributed by atoms with Gasteiger partial charge in [-0.2, -0.15) is 0 Å². The Balaban J connectivity index is 2.56. The van der Waals surface area contributed by atoms with Crippen LogP contribution in [0.3, 0.4) is 0 Å². The highest BCUT2D eigenvalue weighted by atomic mass is 35.5. The average Bonchev–Trinajstić information content (AvgIpc) is 2.49. The molecule has 0 saturated heterocycles. The number of ether oxygens (including phenoxy) is 2. The topological polar surface area (TPSA) is 56.5 Å². The average molecular weight is 311 g/mol. The zero-order chi connectivity index (χ0) is 15.4. The minimum atomic E-state index is -0.590. The van der Waals surface area contributed by atoms with Crippen molar-refractivity contribution in [2.24, 2.45) is 5.84 Å². The molecule has 0 fully saturated rings. The van der Waals surface area contributed by atoms with E-state index in [1.807, 2.05) is 0 Å². The van der Waals surface area contributed by atoms with Gasteiger partial charge in [-0.05, 0) is 18.2 Å². The van der Waals surface area contributed by atoms with Gasteiger partial charge in [-0.15, -0.1) is 0 Å². The Labute approximate surface area is 127 Å². The van der Waals surface area contributed by atoms with Gasteiger partial charge in [0.2, 0.25) is 0 Å². The molecule has 1 unspecified atom stereocenters. The number of hydrogen-bond donors (Lipinski definition) is 2. The molecule has 2 aromatic rings. The Bertz CT molecular complexity index is 637. The van der Waals surface area contributed by atoms with Gasteiger partial charge in [-0.3, -0.25) is 5.84 Å². The molecule has 0 spiro atoms. The van der Waals surface area contributed by atoms with Gasteiger partial charge in [0.05, 0.1) is 20.3 Å². The first kappa shape index (κ1) is 15.6. The van der Waals surface area contributed by atoms with Crippen LogP contribution in [-0.4, -0.2) is 14.2 Å². The Morgan fingerprint density at radius 2 is 1.90 bits per heavy atom. The second kappa shape index (κ2) is 6.76. The molecule has 0 radical (unpaired) electrons. The Kier molecular flexibility index (Phi) is 5.01. The highest BCUT2D eigenvalue weighted by Gasteiger charge is 2.22. The predicted octanol–water partition coefficient (Wildman–Crippen LogP) is 3.05. The van der Waals surface area contributed by atoms with E-state index in [4.69, 9.17) is 26.9 Å². The Morgan fingerprint density at radius 3 is 2.48 bits per heavy atom. The van der Waals surface area contributed by atoms with Crippen molar-refractivity contribution in [1.29, 1.82) is 0 Å². The van der Waals surface area contributed by atoms with Crippen molar-refractivity contribution in [2.75, 3.05) is 14.2 Å². The van der Waals surface area contributed by atoms with E-state index < -0.39 is 11.9 Å². The summed E-state index contributed by atoms with van der Waals surface area (Å²) < 4.78 is 24.8. The molecule has 2 aromatic carbocycles. The van der Waals surface area contributed by atoms with Crippen molar-refractivity contribution in [2.45, 2.75) is 6.04 Å². The third-order valence-electron chi connectivity index (χ3n) is 3.18. The minimum absolute atomic E-state index is 0.324. The molecule has 6 heteroatoms. The Hall–Kier alpha value is -1.82. The SMILES string of the molecule is COc1cccc(C(NN)c2ccc(Cl)cc2F)c1OC. The van der Waals surface area contributed by atoms with Gasteiger partial charge >= 0.3 is 0 Å². The first-order valence-corrected chi connectivity index (χ1v) is 6.62. The second-order valence-corrected chi connectivity index (χ2v) is 4.78. The molecule has 21 heavy (non-hydrogen) atoms. The van der Waals surface area contributed by atoms with Gasteiger partial charge in [-0.1, -0.05) is 29.8 Å². The van der Waals surface area contributed by atoms with E-state index in [9.17, 15) is 4.39 Å². The van der Waals surface area contributed by atoms with Crippen LogP contribution in [0.15, 0.2) is 36.4 Å². The summed E-state index contributed by atoms with van der Waals surface area (Å²) in [5.41, 5.74) is 3.64. The highest BCUT2D eigenvalue weighted by molar-refractivity contribution is 6.30. The number of hydrogen-bond acceptors (Lipinski definition) is 4. The van der Waals surface area contributed by atoms with Crippen LogP contribution in [0.5, 0.6) is 11.5 Å². The summed E-state index contributed by atoms with van der Waals surface area (Å²) >= 11 is 5.78. The molecule has 4 nitrogen and oxygen atoms in total. The zero-order valence-corrected chi connectivity index (χ0v) is 12.4. The van der Waals surface area contributed by atoms with Gasteiger partial charge in [0, 0.05) is 16.1 Å². The third kappa shape index (κ3) is 3.10. The van der Waals surface area contributed by atoms with Crippen LogP contribution >= 0.6 is 11.6 Å². The zero-order valence-electron chi connectivity index (χ0n) is 11.7. The molecule has 0 bridgehead atoms. The summed E-state index contributed by atoms with van der Waals surface area (Å²) in [4.78, 5) is 0. The maximum atomic E-state index is 14.1. The predicted molar refractivity (Wildman–Crippen MR) is 80.1 cm³/mol. The number of hydrazine groups is 1. The summed E-state index contributed by atoms with van der Waals surface area (Å²) in [7, 11) is 3.06. The van der Waals surface area contributed by atoms with E-state index in [1.54, 1.807) is 30.3 Å². The van der Waals surface area contributed by atoms with Crippen LogP contribution in [0.25, 0.3) is 0 Å². The van der Waals surface area contributed by atoms with E-state index in [1.165, 1.54) is 20.3 Å². The fourth-order valence-electron chi connectivity index (χ4n) is 2.22. The van der Waals surface area contributed by atoms with Gasteiger partial charge in [-0.25, -0.2) is 9.82 Å². The van der Waals surface area contributed by atoms with Crippen molar-refractivity contribution in [1.82, 2.24) is 5.43 Å². The molecule has 1 atom stereocenters. The fraction of sp³-hybridized carbons (Fsp3) is 0.200. The highest BCUT2D eigenvalue weighted by Crippen LogP contribution is 2.37. The second-order valence-electron chi connectivity index (χ2n) is 4.35.